The Kier molecular flexibility index (Phi) is 9.87. The van der Waals surface area contributed by atoms with Gasteiger partial charge in [-0.25, -0.2) is 0 Å². The SMILES string of the molecule is COc1ccc(N(c2ccc(C=Nc3ccc(N(c4ccc(OC)cc4)c4ccc(OC)cc4)cc3)cc2)c2ccc(OC)cc2)cc1. The zero-order valence-electron chi connectivity index (χ0n) is 27.4. The van der Waals surface area contributed by atoms with Gasteiger partial charge in [-0.05, 0) is 139 Å². The Hall–Kier alpha value is -6.21. The van der Waals surface area contributed by atoms with E-state index in [1.807, 2.05) is 115 Å². The number of nitrogens with zero attached hydrogens (tertiary/aromatic N) is 3. The van der Waals surface area contributed by atoms with E-state index < -0.39 is 0 Å². The van der Waals surface area contributed by atoms with Gasteiger partial charge in [0.05, 0.1) is 34.1 Å². The van der Waals surface area contributed by atoms with E-state index in [1.54, 1.807) is 28.4 Å². The van der Waals surface area contributed by atoms with Crippen LogP contribution in [-0.4, -0.2) is 34.7 Å². The minimum absolute atomic E-state index is 0.806. The van der Waals surface area contributed by atoms with Gasteiger partial charge in [0.1, 0.15) is 23.0 Å². The van der Waals surface area contributed by atoms with Gasteiger partial charge in [0.15, 0.2) is 0 Å². The van der Waals surface area contributed by atoms with E-state index >= 15 is 0 Å². The van der Waals surface area contributed by atoms with Crippen LogP contribution in [-0.2, 0) is 0 Å². The van der Waals surface area contributed by atoms with Crippen molar-refractivity contribution in [2.24, 2.45) is 4.99 Å². The van der Waals surface area contributed by atoms with Crippen molar-refractivity contribution in [3.63, 3.8) is 0 Å². The van der Waals surface area contributed by atoms with Gasteiger partial charge < -0.3 is 28.7 Å². The van der Waals surface area contributed by atoms with Crippen LogP contribution in [0.3, 0.4) is 0 Å². The lowest BCUT2D eigenvalue weighted by Crippen LogP contribution is -2.10. The zero-order chi connectivity index (χ0) is 33.3. The summed E-state index contributed by atoms with van der Waals surface area (Å²) in [6.07, 6.45) is 1.88. The number of methoxy groups -OCH3 is 4. The Labute approximate surface area is 281 Å². The molecule has 0 saturated heterocycles. The molecule has 0 fully saturated rings. The molecule has 6 aromatic carbocycles. The summed E-state index contributed by atoms with van der Waals surface area (Å²) in [6, 6.07) is 48.6. The van der Waals surface area contributed by atoms with E-state index in [-0.39, 0.29) is 0 Å². The molecule has 0 radical (unpaired) electrons. The fraction of sp³-hybridized carbons (Fsp3) is 0.0976. The van der Waals surface area contributed by atoms with Crippen molar-refractivity contribution in [2.45, 2.75) is 0 Å². The number of aliphatic imine (C=N–C) groups is 1. The molecule has 0 bridgehead atoms. The Morgan fingerprint density at radius 2 is 0.604 bits per heavy atom. The van der Waals surface area contributed by atoms with Crippen LogP contribution in [0.5, 0.6) is 23.0 Å². The molecule has 0 atom stereocenters. The third-order valence-electron chi connectivity index (χ3n) is 7.94. The zero-order valence-corrected chi connectivity index (χ0v) is 27.4. The summed E-state index contributed by atoms with van der Waals surface area (Å²) in [5.41, 5.74) is 7.92. The Balaban J connectivity index is 1.23. The molecular formula is C41H37N3O4. The second-order valence-corrected chi connectivity index (χ2v) is 10.8. The summed E-state index contributed by atoms with van der Waals surface area (Å²) in [5, 5.41) is 0. The van der Waals surface area contributed by atoms with E-state index in [1.165, 1.54) is 0 Å². The van der Waals surface area contributed by atoms with Crippen molar-refractivity contribution in [2.75, 3.05) is 38.2 Å². The highest BCUT2D eigenvalue weighted by Crippen LogP contribution is 2.38. The van der Waals surface area contributed by atoms with Gasteiger partial charge in [0, 0.05) is 40.3 Å². The molecule has 0 aliphatic carbocycles. The van der Waals surface area contributed by atoms with Crippen LogP contribution in [0.1, 0.15) is 5.56 Å². The number of anilines is 6. The molecule has 0 amide bonds. The first kappa shape index (κ1) is 31.8. The monoisotopic (exact) mass is 635 g/mol. The van der Waals surface area contributed by atoms with Crippen molar-refractivity contribution in [1.82, 2.24) is 0 Å². The van der Waals surface area contributed by atoms with Gasteiger partial charge in [0.25, 0.3) is 0 Å². The summed E-state index contributed by atoms with van der Waals surface area (Å²) in [4.78, 5) is 9.15. The van der Waals surface area contributed by atoms with E-state index in [0.29, 0.717) is 0 Å². The lowest BCUT2D eigenvalue weighted by molar-refractivity contribution is 0.414. The maximum Gasteiger partial charge on any atom is 0.119 e. The molecule has 0 N–H and O–H groups in total. The first-order valence-electron chi connectivity index (χ1n) is 15.5. The average molecular weight is 636 g/mol. The fourth-order valence-electron chi connectivity index (χ4n) is 5.37. The van der Waals surface area contributed by atoms with E-state index in [4.69, 9.17) is 23.9 Å². The molecule has 0 aromatic heterocycles. The molecule has 0 unspecified atom stereocenters. The Bertz CT molecular complexity index is 1680. The molecule has 0 spiro atoms. The maximum atomic E-state index is 5.38. The molecule has 7 heteroatoms. The highest BCUT2D eigenvalue weighted by Gasteiger charge is 2.14. The number of hydrogen-bond donors (Lipinski definition) is 0. The van der Waals surface area contributed by atoms with Crippen molar-refractivity contribution in [3.05, 3.63) is 151 Å². The maximum absolute atomic E-state index is 5.38. The average Bonchev–Trinajstić information content (AvgIpc) is 3.16. The van der Waals surface area contributed by atoms with Crippen molar-refractivity contribution in [3.8, 4) is 23.0 Å². The molecule has 0 aliphatic rings. The smallest absolute Gasteiger partial charge is 0.119 e. The molecule has 7 nitrogen and oxygen atoms in total. The minimum Gasteiger partial charge on any atom is -0.497 e. The van der Waals surface area contributed by atoms with Crippen LogP contribution in [0.2, 0.25) is 0 Å². The lowest BCUT2D eigenvalue weighted by Gasteiger charge is -2.26. The first-order chi connectivity index (χ1) is 23.6. The molecule has 0 heterocycles. The van der Waals surface area contributed by atoms with Crippen molar-refractivity contribution >= 4 is 46.0 Å². The second kappa shape index (κ2) is 14.9. The van der Waals surface area contributed by atoms with Crippen LogP contribution < -0.4 is 28.7 Å². The summed E-state index contributed by atoms with van der Waals surface area (Å²) < 4.78 is 21.5. The van der Waals surface area contributed by atoms with Crippen molar-refractivity contribution < 1.29 is 18.9 Å². The summed E-state index contributed by atoms with van der Waals surface area (Å²) in [6.45, 7) is 0. The van der Waals surface area contributed by atoms with Crippen LogP contribution in [0.15, 0.2) is 151 Å². The predicted octanol–water partition coefficient (Wildman–Crippen LogP) is 10.4. The van der Waals surface area contributed by atoms with Crippen LogP contribution >= 0.6 is 0 Å². The van der Waals surface area contributed by atoms with E-state index in [9.17, 15) is 0 Å². The number of ether oxygens (including phenoxy) is 4. The summed E-state index contributed by atoms with van der Waals surface area (Å²) >= 11 is 0. The van der Waals surface area contributed by atoms with E-state index in [0.717, 1.165) is 68.4 Å². The summed E-state index contributed by atoms with van der Waals surface area (Å²) in [5.74, 6) is 3.23. The normalized spacial score (nSPS) is 10.8. The summed E-state index contributed by atoms with van der Waals surface area (Å²) in [7, 11) is 6.68. The first-order valence-corrected chi connectivity index (χ1v) is 15.5. The molecule has 48 heavy (non-hydrogen) atoms. The molecule has 0 aliphatic heterocycles. The predicted molar refractivity (Wildman–Crippen MR) is 196 cm³/mol. The van der Waals surface area contributed by atoms with Crippen LogP contribution in [0.4, 0.5) is 39.8 Å². The van der Waals surface area contributed by atoms with Gasteiger partial charge >= 0.3 is 0 Å². The third-order valence-corrected chi connectivity index (χ3v) is 7.94. The highest BCUT2D eigenvalue weighted by atomic mass is 16.5. The Morgan fingerprint density at radius 1 is 0.354 bits per heavy atom. The quantitative estimate of drug-likeness (QED) is 0.125. The van der Waals surface area contributed by atoms with Gasteiger partial charge in [-0.3, -0.25) is 4.99 Å². The number of benzene rings is 6. The van der Waals surface area contributed by atoms with Crippen molar-refractivity contribution in [1.29, 1.82) is 0 Å². The fourth-order valence-corrected chi connectivity index (χ4v) is 5.37. The largest absolute Gasteiger partial charge is 0.497 e. The second-order valence-electron chi connectivity index (χ2n) is 10.8. The van der Waals surface area contributed by atoms with Gasteiger partial charge in [-0.2, -0.15) is 0 Å². The van der Waals surface area contributed by atoms with Gasteiger partial charge in [-0.1, -0.05) is 12.1 Å². The molecular weight excluding hydrogens is 598 g/mol. The highest BCUT2D eigenvalue weighted by molar-refractivity contribution is 5.85. The topological polar surface area (TPSA) is 55.8 Å². The lowest BCUT2D eigenvalue weighted by atomic mass is 10.1. The number of hydrogen-bond acceptors (Lipinski definition) is 7. The minimum atomic E-state index is 0.806. The van der Waals surface area contributed by atoms with Crippen LogP contribution in [0.25, 0.3) is 0 Å². The molecule has 0 saturated carbocycles. The van der Waals surface area contributed by atoms with Gasteiger partial charge in [0.2, 0.25) is 0 Å². The molecule has 6 aromatic rings. The van der Waals surface area contributed by atoms with Gasteiger partial charge in [-0.15, -0.1) is 0 Å². The molecule has 6 rings (SSSR count). The molecule has 240 valence electrons. The Morgan fingerprint density at radius 3 is 0.875 bits per heavy atom. The number of rotatable bonds is 12. The van der Waals surface area contributed by atoms with E-state index in [2.05, 4.69) is 46.2 Å². The third kappa shape index (κ3) is 7.26. The standard InChI is InChI=1S/C41H37N3O4/c1-45-38-21-13-34(14-22-38)43(35-15-23-39(46-2)24-16-35)32-9-5-30(6-10-32)29-42-31-7-11-33(12-8-31)44(36-17-25-40(47-3)26-18-36)37-19-27-41(48-4)28-20-37/h5-29H,1-4H3. The van der Waals surface area contributed by atoms with Crippen LogP contribution in [0, 0.1) is 0 Å².